The molecule has 0 spiro atoms. The normalized spacial score (nSPS) is 29.1. The van der Waals surface area contributed by atoms with Crippen molar-refractivity contribution in [2.24, 2.45) is 11.3 Å². The molecular formula is C28H35FN2O4S. The van der Waals surface area contributed by atoms with Gasteiger partial charge in [0.1, 0.15) is 11.6 Å². The van der Waals surface area contributed by atoms with Gasteiger partial charge in [-0.25, -0.2) is 17.5 Å². The highest BCUT2D eigenvalue weighted by atomic mass is 32.2. The number of hydrogen-bond acceptors (Lipinski definition) is 4. The Hall–Kier alpha value is -2.45. The van der Waals surface area contributed by atoms with Gasteiger partial charge in [-0.1, -0.05) is 39.0 Å². The predicted octanol–water partition coefficient (Wildman–Crippen LogP) is 4.43. The molecule has 2 aliphatic carbocycles. The highest BCUT2D eigenvalue weighted by Crippen LogP contribution is 2.57. The largest absolute Gasteiger partial charge is 0.508 e. The van der Waals surface area contributed by atoms with Crippen LogP contribution in [-0.2, 0) is 26.7 Å². The molecule has 0 unspecified atom stereocenters. The minimum absolute atomic E-state index is 0.0461. The fourth-order valence-corrected chi connectivity index (χ4v) is 8.42. The molecule has 36 heavy (non-hydrogen) atoms. The molecule has 194 valence electrons. The van der Waals surface area contributed by atoms with E-state index in [0.717, 1.165) is 18.1 Å². The van der Waals surface area contributed by atoms with Gasteiger partial charge in [-0.05, 0) is 79.3 Å². The number of sulfonamides is 1. The van der Waals surface area contributed by atoms with E-state index in [-0.39, 0.29) is 45.4 Å². The number of phenolic OH excluding ortho intramolecular Hbond substituents is 1. The Labute approximate surface area is 213 Å². The van der Waals surface area contributed by atoms with Crippen LogP contribution in [0.15, 0.2) is 41.3 Å². The second-order valence-electron chi connectivity index (χ2n) is 11.6. The second-order valence-corrected chi connectivity index (χ2v) is 13.3. The Kier molecular flexibility index (Phi) is 5.99. The third kappa shape index (κ3) is 3.84. The number of carbonyl (C=O) groups excluding carboxylic acids is 1. The van der Waals surface area contributed by atoms with Crippen molar-refractivity contribution in [3.05, 3.63) is 58.9 Å². The molecule has 1 heterocycles. The SMILES string of the molecule is Cc1ccc(F)cc1S(=O)(=O)N[C@@H]1CC[C@@H](C(=O)N2CC[C@@]3(C)c4cccc(O)c4C[C@@H]2C3(C)C)C1. The summed E-state index contributed by atoms with van der Waals surface area (Å²) < 4.78 is 42.3. The van der Waals surface area contributed by atoms with Crippen LogP contribution in [0.3, 0.4) is 0 Å². The number of benzene rings is 2. The summed E-state index contributed by atoms with van der Waals surface area (Å²) in [6.07, 6.45) is 3.01. The first-order valence-electron chi connectivity index (χ1n) is 12.8. The molecule has 2 N–H and O–H groups in total. The Morgan fingerprint density at radius 1 is 1.17 bits per heavy atom. The third-order valence-electron chi connectivity index (χ3n) is 9.45. The van der Waals surface area contributed by atoms with Crippen LogP contribution in [0.1, 0.15) is 63.1 Å². The zero-order chi connectivity index (χ0) is 26.0. The van der Waals surface area contributed by atoms with Crippen LogP contribution in [-0.4, -0.2) is 43.0 Å². The number of amides is 1. The molecule has 1 saturated heterocycles. The van der Waals surface area contributed by atoms with Crippen molar-refractivity contribution in [3.8, 4) is 5.75 Å². The summed E-state index contributed by atoms with van der Waals surface area (Å²) >= 11 is 0. The van der Waals surface area contributed by atoms with E-state index in [9.17, 15) is 22.7 Å². The molecule has 5 rings (SSSR count). The van der Waals surface area contributed by atoms with Crippen molar-refractivity contribution in [2.45, 2.75) is 82.2 Å². The molecule has 3 aliphatic rings. The molecule has 2 aromatic carbocycles. The Bertz CT molecular complexity index is 1320. The highest BCUT2D eigenvalue weighted by Gasteiger charge is 2.57. The van der Waals surface area contributed by atoms with Crippen molar-refractivity contribution in [1.29, 1.82) is 0 Å². The van der Waals surface area contributed by atoms with Gasteiger partial charge < -0.3 is 10.0 Å². The first kappa shape index (κ1) is 25.2. The van der Waals surface area contributed by atoms with Crippen molar-refractivity contribution >= 4 is 15.9 Å². The Morgan fingerprint density at radius 2 is 1.92 bits per heavy atom. The van der Waals surface area contributed by atoms with Gasteiger partial charge in [0.15, 0.2) is 0 Å². The summed E-state index contributed by atoms with van der Waals surface area (Å²) in [4.78, 5) is 15.7. The minimum atomic E-state index is -3.89. The first-order valence-corrected chi connectivity index (χ1v) is 14.2. The smallest absolute Gasteiger partial charge is 0.241 e. The maximum absolute atomic E-state index is 13.8. The van der Waals surface area contributed by atoms with Crippen LogP contribution >= 0.6 is 0 Å². The summed E-state index contributed by atoms with van der Waals surface area (Å²) in [5, 5.41) is 10.6. The summed E-state index contributed by atoms with van der Waals surface area (Å²) in [5.41, 5.74) is 2.25. The molecule has 2 fully saturated rings. The number of rotatable bonds is 4. The molecule has 1 saturated carbocycles. The number of carbonyl (C=O) groups is 1. The average molecular weight is 515 g/mol. The predicted molar refractivity (Wildman–Crippen MR) is 136 cm³/mol. The van der Waals surface area contributed by atoms with Crippen molar-refractivity contribution in [2.75, 3.05) is 6.54 Å². The Balaban J connectivity index is 1.34. The molecule has 4 atom stereocenters. The van der Waals surface area contributed by atoms with E-state index < -0.39 is 15.8 Å². The number of aromatic hydroxyl groups is 1. The van der Waals surface area contributed by atoms with Crippen LogP contribution in [0.2, 0.25) is 0 Å². The maximum atomic E-state index is 13.8. The van der Waals surface area contributed by atoms with Gasteiger partial charge in [-0.2, -0.15) is 0 Å². The molecule has 0 aromatic heterocycles. The lowest BCUT2D eigenvalue weighted by atomic mass is 9.51. The Morgan fingerprint density at radius 3 is 2.67 bits per heavy atom. The number of aryl methyl sites for hydroxylation is 1. The van der Waals surface area contributed by atoms with Gasteiger partial charge in [0, 0.05) is 30.0 Å². The van der Waals surface area contributed by atoms with Gasteiger partial charge in [0.25, 0.3) is 0 Å². The number of likely N-dealkylation sites (tertiary alicyclic amines) is 1. The fourth-order valence-electron chi connectivity index (χ4n) is 6.88. The number of phenols is 1. The van der Waals surface area contributed by atoms with Crippen LogP contribution in [0.4, 0.5) is 4.39 Å². The lowest BCUT2D eigenvalue weighted by Gasteiger charge is -2.61. The molecule has 1 amide bonds. The molecule has 6 nitrogen and oxygen atoms in total. The summed E-state index contributed by atoms with van der Waals surface area (Å²) in [7, 11) is -3.89. The molecular weight excluding hydrogens is 479 g/mol. The average Bonchev–Trinajstić information content (AvgIpc) is 3.25. The van der Waals surface area contributed by atoms with Crippen LogP contribution in [0, 0.1) is 24.1 Å². The van der Waals surface area contributed by atoms with Gasteiger partial charge in [-0.3, -0.25) is 4.79 Å². The van der Waals surface area contributed by atoms with Crippen molar-refractivity contribution in [1.82, 2.24) is 9.62 Å². The topological polar surface area (TPSA) is 86.7 Å². The number of nitrogens with zero attached hydrogens (tertiary/aromatic N) is 1. The molecule has 2 bridgehead atoms. The standard InChI is InChI=1S/C28H35FN2O4S/c1-17-8-10-19(29)15-24(17)36(34,35)30-20-11-9-18(14-20)26(33)31-13-12-28(4)22-6-5-7-23(32)21(22)16-25(31)27(28,2)3/h5-8,10,15,18,20,25,30,32H,9,11-14,16H2,1-4H3/t18-,20-,25-,28+/m1/s1. The third-order valence-corrected chi connectivity index (χ3v) is 11.1. The van der Waals surface area contributed by atoms with Crippen molar-refractivity contribution in [3.63, 3.8) is 0 Å². The van der Waals surface area contributed by atoms with Gasteiger partial charge in [0.2, 0.25) is 15.9 Å². The number of hydrogen-bond donors (Lipinski definition) is 2. The van der Waals surface area contributed by atoms with Crippen LogP contribution in [0.5, 0.6) is 5.75 Å². The highest BCUT2D eigenvalue weighted by molar-refractivity contribution is 7.89. The van der Waals surface area contributed by atoms with E-state index >= 15 is 0 Å². The van der Waals surface area contributed by atoms with Crippen LogP contribution < -0.4 is 4.72 Å². The first-order chi connectivity index (χ1) is 16.8. The number of fused-ring (bicyclic) bond motifs is 4. The number of halogens is 1. The van der Waals surface area contributed by atoms with E-state index in [1.54, 1.807) is 13.0 Å². The van der Waals surface area contributed by atoms with E-state index in [1.165, 1.54) is 17.7 Å². The van der Waals surface area contributed by atoms with Crippen LogP contribution in [0.25, 0.3) is 0 Å². The quantitative estimate of drug-likeness (QED) is 0.632. The minimum Gasteiger partial charge on any atom is -0.508 e. The zero-order valence-corrected chi connectivity index (χ0v) is 22.2. The second kappa shape index (κ2) is 8.55. The van der Waals surface area contributed by atoms with E-state index in [4.69, 9.17) is 0 Å². The molecule has 8 heteroatoms. The fraction of sp³-hybridized carbons (Fsp3) is 0.536. The summed E-state index contributed by atoms with van der Waals surface area (Å²) in [6, 6.07) is 9.05. The lowest BCUT2D eigenvalue weighted by Crippen LogP contribution is -2.65. The van der Waals surface area contributed by atoms with Gasteiger partial charge in [0.05, 0.1) is 4.90 Å². The lowest BCUT2D eigenvalue weighted by molar-refractivity contribution is -0.148. The summed E-state index contributed by atoms with van der Waals surface area (Å²) in [5.74, 6) is -0.508. The molecule has 1 aliphatic heterocycles. The van der Waals surface area contributed by atoms with Crippen molar-refractivity contribution < 1.29 is 22.7 Å². The van der Waals surface area contributed by atoms with Gasteiger partial charge >= 0.3 is 0 Å². The monoisotopic (exact) mass is 514 g/mol. The number of nitrogens with one attached hydrogen (secondary N) is 1. The van der Waals surface area contributed by atoms with E-state index in [1.807, 2.05) is 11.0 Å². The van der Waals surface area contributed by atoms with E-state index in [2.05, 4.69) is 31.6 Å². The summed E-state index contributed by atoms with van der Waals surface area (Å²) in [6.45, 7) is 8.97. The van der Waals surface area contributed by atoms with Gasteiger partial charge in [-0.15, -0.1) is 0 Å². The van der Waals surface area contributed by atoms with E-state index in [0.29, 0.717) is 37.8 Å². The molecule has 2 aromatic rings. The zero-order valence-electron chi connectivity index (χ0n) is 21.3. The number of piperidine rings is 1. The molecule has 0 radical (unpaired) electrons. The maximum Gasteiger partial charge on any atom is 0.241 e.